The lowest BCUT2D eigenvalue weighted by atomic mass is 9.83. The molecule has 0 saturated carbocycles. The fraction of sp³-hybridized carbons (Fsp3) is 0.100. The molecule has 1 aliphatic carbocycles. The molecule has 0 spiro atoms. The molecule has 2 atom stereocenters. The van der Waals surface area contributed by atoms with Crippen LogP contribution in [0.25, 0.3) is 21.8 Å². The molecule has 2 aromatic carbocycles. The van der Waals surface area contributed by atoms with Gasteiger partial charge in [-0.2, -0.15) is 0 Å². The van der Waals surface area contributed by atoms with E-state index >= 15 is 0 Å². The Kier molecular flexibility index (Phi) is 2.59. The molecule has 5 rings (SSSR count). The molecule has 0 saturated heterocycles. The number of aromatic nitrogens is 1. The largest absolute Gasteiger partial charge is 0.377 e. The summed E-state index contributed by atoms with van der Waals surface area (Å²) in [4.78, 5) is 28.9. The molecule has 2 aliphatic rings. The Bertz CT molecular complexity index is 1140. The maximum atomic E-state index is 12.8. The van der Waals surface area contributed by atoms with E-state index in [1.807, 2.05) is 48.6 Å². The predicted octanol–water partition coefficient (Wildman–Crippen LogP) is 3.40. The van der Waals surface area contributed by atoms with Gasteiger partial charge in [-0.25, -0.2) is 0 Å². The molecular formula is C20H14N2O2. The second-order valence-electron chi connectivity index (χ2n) is 6.27. The number of hydrogen-bond acceptors (Lipinski definition) is 3. The number of carbonyl (C=O) groups excluding carboxylic acids is 1. The molecule has 4 heteroatoms. The van der Waals surface area contributed by atoms with Crippen LogP contribution in [-0.4, -0.2) is 16.8 Å². The number of allylic oxidation sites excluding steroid dienone is 2. The Hall–Kier alpha value is -3.14. The normalized spacial score (nSPS) is 21.6. The Balaban J connectivity index is 1.81. The van der Waals surface area contributed by atoms with Crippen LogP contribution in [0.5, 0.6) is 0 Å². The summed E-state index contributed by atoms with van der Waals surface area (Å²) in [6.45, 7) is 0. The number of pyridine rings is 1. The molecule has 1 aliphatic heterocycles. The van der Waals surface area contributed by atoms with Gasteiger partial charge in [-0.1, -0.05) is 36.4 Å². The molecule has 4 nitrogen and oxygen atoms in total. The molecule has 2 unspecified atom stereocenters. The quantitative estimate of drug-likeness (QED) is 0.625. The first-order chi connectivity index (χ1) is 11.7. The number of carbonyl (C=O) groups is 1. The van der Waals surface area contributed by atoms with Crippen LogP contribution in [0, 0.1) is 5.92 Å². The molecule has 2 heterocycles. The second-order valence-corrected chi connectivity index (χ2v) is 6.27. The maximum absolute atomic E-state index is 12.8. The molecule has 3 aromatic rings. The van der Waals surface area contributed by atoms with Gasteiger partial charge in [-0.3, -0.25) is 9.59 Å². The Morgan fingerprint density at radius 3 is 2.62 bits per heavy atom. The van der Waals surface area contributed by atoms with Crippen LogP contribution in [0.4, 0.5) is 5.69 Å². The van der Waals surface area contributed by atoms with Crippen molar-refractivity contribution in [2.75, 3.05) is 5.32 Å². The van der Waals surface area contributed by atoms with Crippen molar-refractivity contribution < 1.29 is 4.79 Å². The third-order valence-electron chi connectivity index (χ3n) is 4.87. The van der Waals surface area contributed by atoms with Gasteiger partial charge in [-0.15, -0.1) is 0 Å². The number of para-hydroxylation sites is 1. The summed E-state index contributed by atoms with van der Waals surface area (Å²) in [6.07, 6.45) is 7.76. The number of aromatic amines is 1. The van der Waals surface area contributed by atoms with E-state index in [0.29, 0.717) is 21.9 Å². The molecule has 0 amide bonds. The van der Waals surface area contributed by atoms with E-state index in [1.165, 1.54) is 0 Å². The van der Waals surface area contributed by atoms with E-state index < -0.39 is 0 Å². The third kappa shape index (κ3) is 1.74. The second kappa shape index (κ2) is 4.68. The minimum Gasteiger partial charge on any atom is -0.377 e. The van der Waals surface area contributed by atoms with Crippen molar-refractivity contribution in [3.05, 3.63) is 76.5 Å². The van der Waals surface area contributed by atoms with Crippen LogP contribution in [0.2, 0.25) is 0 Å². The van der Waals surface area contributed by atoms with E-state index in [4.69, 9.17) is 0 Å². The maximum Gasteiger partial charge on any atom is 0.197 e. The number of nitrogens with one attached hydrogen (secondary N) is 2. The van der Waals surface area contributed by atoms with Gasteiger partial charge in [0.15, 0.2) is 11.2 Å². The number of ketones is 1. The van der Waals surface area contributed by atoms with Gasteiger partial charge in [0, 0.05) is 27.5 Å². The van der Waals surface area contributed by atoms with Crippen molar-refractivity contribution >= 4 is 33.3 Å². The lowest BCUT2D eigenvalue weighted by molar-refractivity contribution is 0.0936. The number of H-pyrrole nitrogens is 1. The summed E-state index contributed by atoms with van der Waals surface area (Å²) >= 11 is 0. The third-order valence-corrected chi connectivity index (χ3v) is 4.87. The molecular weight excluding hydrogens is 300 g/mol. The first-order valence-electron chi connectivity index (χ1n) is 7.97. The van der Waals surface area contributed by atoms with E-state index in [9.17, 15) is 9.59 Å². The highest BCUT2D eigenvalue weighted by atomic mass is 16.1. The number of fused-ring (bicyclic) bond motifs is 4. The molecule has 1 aromatic heterocycles. The molecule has 24 heavy (non-hydrogen) atoms. The van der Waals surface area contributed by atoms with Crippen molar-refractivity contribution in [2.24, 2.45) is 5.92 Å². The number of anilines is 1. The highest BCUT2D eigenvalue weighted by Gasteiger charge is 2.33. The highest BCUT2D eigenvalue weighted by molar-refractivity contribution is 6.10. The van der Waals surface area contributed by atoms with Gasteiger partial charge in [0.2, 0.25) is 0 Å². The van der Waals surface area contributed by atoms with Gasteiger partial charge in [0.25, 0.3) is 0 Å². The lowest BCUT2D eigenvalue weighted by Crippen LogP contribution is -2.38. The number of hydrogen-bond donors (Lipinski definition) is 2. The molecule has 116 valence electrons. The average Bonchev–Trinajstić information content (AvgIpc) is 2.62. The van der Waals surface area contributed by atoms with Crippen molar-refractivity contribution in [1.82, 2.24) is 4.98 Å². The van der Waals surface area contributed by atoms with Crippen LogP contribution in [0.1, 0.15) is 10.4 Å². The van der Waals surface area contributed by atoms with Crippen LogP contribution in [0.3, 0.4) is 0 Å². The summed E-state index contributed by atoms with van der Waals surface area (Å²) in [5, 5.41) is 4.64. The van der Waals surface area contributed by atoms with Gasteiger partial charge < -0.3 is 10.3 Å². The topological polar surface area (TPSA) is 62.0 Å². The van der Waals surface area contributed by atoms with Crippen LogP contribution in [0.15, 0.2) is 65.5 Å². The Morgan fingerprint density at radius 2 is 1.71 bits per heavy atom. The smallest absolute Gasteiger partial charge is 0.197 e. The van der Waals surface area contributed by atoms with E-state index in [1.54, 1.807) is 12.1 Å². The summed E-state index contributed by atoms with van der Waals surface area (Å²) in [7, 11) is 0. The van der Waals surface area contributed by atoms with Crippen molar-refractivity contribution in [2.45, 2.75) is 6.04 Å². The van der Waals surface area contributed by atoms with Gasteiger partial charge in [0.1, 0.15) is 0 Å². The van der Waals surface area contributed by atoms with E-state index in [2.05, 4.69) is 10.3 Å². The molecule has 0 bridgehead atoms. The Morgan fingerprint density at radius 1 is 0.875 bits per heavy atom. The number of benzene rings is 2. The van der Waals surface area contributed by atoms with Crippen LogP contribution >= 0.6 is 0 Å². The molecule has 0 radical (unpaired) electrons. The summed E-state index contributed by atoms with van der Waals surface area (Å²) < 4.78 is 0. The van der Waals surface area contributed by atoms with E-state index in [0.717, 1.165) is 11.2 Å². The summed E-state index contributed by atoms with van der Waals surface area (Å²) in [5.74, 6) is -0.0996. The number of Topliss-reactive ketones (excluding diaryl/α,β-unsaturated/α-hetero) is 1. The SMILES string of the molecule is O=C1c2cc3[nH]c4ccccc4c(=O)c3cc2NC2C=CC=CC12. The van der Waals surface area contributed by atoms with Gasteiger partial charge in [-0.05, 0) is 24.3 Å². The predicted molar refractivity (Wildman–Crippen MR) is 95.6 cm³/mol. The van der Waals surface area contributed by atoms with Gasteiger partial charge in [0.05, 0.1) is 17.5 Å². The zero-order valence-corrected chi connectivity index (χ0v) is 12.7. The van der Waals surface area contributed by atoms with Crippen LogP contribution < -0.4 is 10.7 Å². The first-order valence-corrected chi connectivity index (χ1v) is 7.97. The zero-order valence-electron chi connectivity index (χ0n) is 12.7. The van der Waals surface area contributed by atoms with Gasteiger partial charge >= 0.3 is 0 Å². The molecule has 2 N–H and O–H groups in total. The zero-order chi connectivity index (χ0) is 16.3. The van der Waals surface area contributed by atoms with E-state index in [-0.39, 0.29) is 23.2 Å². The minimum absolute atomic E-state index is 0.0161. The standard InChI is InChI=1S/C20H14N2O2/c23-19-11-5-1-3-7-15(11)21-17-10-14-18(9-13(17)19)22-16-8-4-2-6-12(16)20(14)24/h1-11,15,21H,(H,22,24). The highest BCUT2D eigenvalue weighted by Crippen LogP contribution is 2.33. The minimum atomic E-state index is -0.188. The number of rotatable bonds is 0. The fourth-order valence-electron chi connectivity index (χ4n) is 3.65. The summed E-state index contributed by atoms with van der Waals surface area (Å²) in [6, 6.07) is 11.0. The average molecular weight is 314 g/mol. The first kappa shape index (κ1) is 13.3. The van der Waals surface area contributed by atoms with Crippen molar-refractivity contribution in [3.63, 3.8) is 0 Å². The van der Waals surface area contributed by atoms with Crippen molar-refractivity contribution in [3.8, 4) is 0 Å². The Labute approximate surface area is 137 Å². The fourth-order valence-corrected chi connectivity index (χ4v) is 3.65. The summed E-state index contributed by atoms with van der Waals surface area (Å²) in [5.41, 5.74) is 2.83. The molecule has 0 fully saturated rings. The van der Waals surface area contributed by atoms with Crippen LogP contribution in [-0.2, 0) is 0 Å². The van der Waals surface area contributed by atoms with Crippen molar-refractivity contribution in [1.29, 1.82) is 0 Å². The monoisotopic (exact) mass is 314 g/mol. The lowest BCUT2D eigenvalue weighted by Gasteiger charge is -2.31.